The van der Waals surface area contributed by atoms with E-state index in [0.29, 0.717) is 0 Å². The Morgan fingerprint density at radius 3 is 2.65 bits per heavy atom. The molecule has 2 aromatic rings. The Morgan fingerprint density at radius 2 is 2.12 bits per heavy atom. The topological polar surface area (TPSA) is 80.0 Å². The zero-order chi connectivity index (χ0) is 12.4. The highest BCUT2D eigenvalue weighted by molar-refractivity contribution is 5.90. The third-order valence-corrected chi connectivity index (χ3v) is 2.12. The standard InChI is InChI=1S/C10H9FN4O2/c1-12-9-8(10(16)17)13-15(14-9)7-5-3-2-4-6(7)11/h2-5H,1H3,(H,12,14)(H,16,17). The number of halogens is 1. The Hall–Kier alpha value is -2.44. The molecule has 17 heavy (non-hydrogen) atoms. The van der Waals surface area contributed by atoms with E-state index in [-0.39, 0.29) is 17.2 Å². The van der Waals surface area contributed by atoms with E-state index >= 15 is 0 Å². The van der Waals surface area contributed by atoms with Crippen LogP contribution in [0.3, 0.4) is 0 Å². The van der Waals surface area contributed by atoms with E-state index in [2.05, 4.69) is 15.5 Å². The van der Waals surface area contributed by atoms with Crippen molar-refractivity contribution in [3.05, 3.63) is 35.8 Å². The lowest BCUT2D eigenvalue weighted by Gasteiger charge is -1.99. The van der Waals surface area contributed by atoms with Crippen LogP contribution in [0.4, 0.5) is 10.2 Å². The average molecular weight is 236 g/mol. The number of hydrogen-bond donors (Lipinski definition) is 2. The molecule has 0 bridgehead atoms. The fourth-order valence-corrected chi connectivity index (χ4v) is 1.34. The van der Waals surface area contributed by atoms with Gasteiger partial charge in [0.1, 0.15) is 5.69 Å². The van der Waals surface area contributed by atoms with Crippen LogP contribution >= 0.6 is 0 Å². The van der Waals surface area contributed by atoms with Crippen molar-refractivity contribution >= 4 is 11.8 Å². The summed E-state index contributed by atoms with van der Waals surface area (Å²) in [5.74, 6) is -1.67. The summed E-state index contributed by atoms with van der Waals surface area (Å²) in [6.07, 6.45) is 0. The number of anilines is 1. The second-order valence-electron chi connectivity index (χ2n) is 3.19. The van der Waals surface area contributed by atoms with Crippen LogP contribution < -0.4 is 5.32 Å². The first-order valence-electron chi connectivity index (χ1n) is 4.76. The van der Waals surface area contributed by atoms with Crippen molar-refractivity contribution in [1.29, 1.82) is 0 Å². The van der Waals surface area contributed by atoms with Gasteiger partial charge in [-0.3, -0.25) is 0 Å². The number of hydrogen-bond acceptors (Lipinski definition) is 4. The number of carboxylic acid groups (broad SMARTS) is 1. The summed E-state index contributed by atoms with van der Waals surface area (Å²) in [5.41, 5.74) is -0.160. The molecule has 0 spiro atoms. The highest BCUT2D eigenvalue weighted by atomic mass is 19.1. The van der Waals surface area contributed by atoms with Gasteiger partial charge in [0.2, 0.25) is 5.69 Å². The minimum absolute atomic E-state index is 0.0840. The van der Waals surface area contributed by atoms with Gasteiger partial charge >= 0.3 is 5.97 Å². The predicted octanol–water partition coefficient (Wildman–Crippen LogP) is 1.15. The predicted molar refractivity (Wildman–Crippen MR) is 57.8 cm³/mol. The van der Waals surface area contributed by atoms with E-state index in [4.69, 9.17) is 5.11 Å². The zero-order valence-corrected chi connectivity index (χ0v) is 8.88. The number of carbonyl (C=O) groups is 1. The van der Waals surface area contributed by atoms with E-state index in [1.807, 2.05) is 0 Å². The van der Waals surface area contributed by atoms with Crippen molar-refractivity contribution < 1.29 is 14.3 Å². The fraction of sp³-hybridized carbons (Fsp3) is 0.100. The molecule has 1 aromatic heterocycles. The molecule has 1 aromatic carbocycles. The Balaban J connectivity index is 2.54. The molecule has 0 fully saturated rings. The van der Waals surface area contributed by atoms with Crippen molar-refractivity contribution in [2.45, 2.75) is 0 Å². The highest BCUT2D eigenvalue weighted by Gasteiger charge is 2.18. The highest BCUT2D eigenvalue weighted by Crippen LogP contribution is 2.15. The number of carboxylic acids is 1. The summed E-state index contributed by atoms with van der Waals surface area (Å²) in [6.45, 7) is 0. The summed E-state index contributed by atoms with van der Waals surface area (Å²) < 4.78 is 13.5. The Labute approximate surface area is 95.7 Å². The van der Waals surface area contributed by atoms with Crippen LogP contribution in [-0.2, 0) is 0 Å². The van der Waals surface area contributed by atoms with Gasteiger partial charge in [-0.1, -0.05) is 12.1 Å². The number of nitrogens with zero attached hydrogens (tertiary/aromatic N) is 3. The van der Waals surface area contributed by atoms with Crippen molar-refractivity contribution in [3.63, 3.8) is 0 Å². The lowest BCUT2D eigenvalue weighted by Crippen LogP contribution is -2.04. The molecule has 0 aliphatic heterocycles. The normalized spacial score (nSPS) is 10.2. The van der Waals surface area contributed by atoms with Gasteiger partial charge in [0.05, 0.1) is 0 Å². The number of nitrogens with one attached hydrogen (secondary N) is 1. The van der Waals surface area contributed by atoms with Gasteiger partial charge in [-0.25, -0.2) is 9.18 Å². The molecule has 7 heteroatoms. The maximum absolute atomic E-state index is 13.5. The molecular weight excluding hydrogens is 227 g/mol. The van der Waals surface area contributed by atoms with Gasteiger partial charge in [-0.05, 0) is 12.1 Å². The monoisotopic (exact) mass is 236 g/mol. The lowest BCUT2D eigenvalue weighted by atomic mass is 10.3. The van der Waals surface area contributed by atoms with Gasteiger partial charge < -0.3 is 10.4 Å². The van der Waals surface area contributed by atoms with E-state index in [1.54, 1.807) is 6.07 Å². The molecule has 0 aliphatic carbocycles. The largest absolute Gasteiger partial charge is 0.476 e. The maximum Gasteiger partial charge on any atom is 0.360 e. The van der Waals surface area contributed by atoms with E-state index in [1.165, 1.54) is 25.2 Å². The van der Waals surface area contributed by atoms with Crippen LogP contribution in [0.2, 0.25) is 0 Å². The second kappa shape index (κ2) is 4.20. The smallest absolute Gasteiger partial charge is 0.360 e. The van der Waals surface area contributed by atoms with Gasteiger partial charge in [-0.2, -0.15) is 0 Å². The SMILES string of the molecule is CNc1nn(-c2ccccc2F)nc1C(=O)O. The van der Waals surface area contributed by atoms with Crippen molar-refractivity contribution in [2.24, 2.45) is 0 Å². The molecular formula is C10H9FN4O2. The van der Waals surface area contributed by atoms with E-state index in [9.17, 15) is 9.18 Å². The second-order valence-corrected chi connectivity index (χ2v) is 3.19. The number of benzene rings is 1. The van der Waals surface area contributed by atoms with Crippen molar-refractivity contribution in [2.75, 3.05) is 12.4 Å². The summed E-state index contributed by atoms with van der Waals surface area (Å²) in [6, 6.07) is 5.85. The van der Waals surface area contributed by atoms with E-state index < -0.39 is 11.8 Å². The van der Waals surface area contributed by atoms with Gasteiger partial charge in [-0.15, -0.1) is 15.0 Å². The lowest BCUT2D eigenvalue weighted by molar-refractivity contribution is 0.0691. The molecule has 0 unspecified atom stereocenters. The zero-order valence-electron chi connectivity index (χ0n) is 8.88. The van der Waals surface area contributed by atoms with Gasteiger partial charge in [0.25, 0.3) is 0 Å². The maximum atomic E-state index is 13.5. The van der Waals surface area contributed by atoms with Gasteiger partial charge in [0.15, 0.2) is 11.6 Å². The summed E-state index contributed by atoms with van der Waals surface area (Å²) in [4.78, 5) is 11.8. The van der Waals surface area contributed by atoms with Crippen LogP contribution in [0.5, 0.6) is 0 Å². The summed E-state index contributed by atoms with van der Waals surface area (Å²) >= 11 is 0. The number of rotatable bonds is 3. The molecule has 0 saturated heterocycles. The van der Waals surface area contributed by atoms with Crippen molar-refractivity contribution in [1.82, 2.24) is 15.0 Å². The van der Waals surface area contributed by atoms with Crippen molar-refractivity contribution in [3.8, 4) is 5.69 Å². The minimum Gasteiger partial charge on any atom is -0.476 e. The van der Waals surface area contributed by atoms with Gasteiger partial charge in [0, 0.05) is 7.05 Å². The summed E-state index contributed by atoms with van der Waals surface area (Å²) in [7, 11) is 1.52. The third kappa shape index (κ3) is 1.94. The first-order chi connectivity index (χ1) is 8.13. The third-order valence-electron chi connectivity index (χ3n) is 2.12. The molecule has 0 amide bonds. The Morgan fingerprint density at radius 1 is 1.41 bits per heavy atom. The first-order valence-corrected chi connectivity index (χ1v) is 4.76. The van der Waals surface area contributed by atoms with Crippen LogP contribution in [-0.4, -0.2) is 33.1 Å². The molecule has 88 valence electrons. The Bertz CT molecular complexity index is 567. The fourth-order valence-electron chi connectivity index (χ4n) is 1.34. The number of aromatic nitrogens is 3. The minimum atomic E-state index is -1.23. The molecule has 0 radical (unpaired) electrons. The molecule has 2 N–H and O–H groups in total. The molecule has 0 saturated carbocycles. The van der Waals surface area contributed by atoms with E-state index in [0.717, 1.165) is 4.80 Å². The molecule has 0 atom stereocenters. The number of para-hydroxylation sites is 1. The van der Waals surface area contributed by atoms with Crippen LogP contribution in [0.25, 0.3) is 5.69 Å². The molecule has 6 nitrogen and oxygen atoms in total. The number of aromatic carboxylic acids is 1. The van der Waals surface area contributed by atoms with Crippen LogP contribution in [0, 0.1) is 5.82 Å². The average Bonchev–Trinajstić information content (AvgIpc) is 2.73. The van der Waals surface area contributed by atoms with Crippen LogP contribution in [0.1, 0.15) is 10.5 Å². The molecule has 0 aliphatic rings. The first kappa shape index (κ1) is 11.1. The molecule has 1 heterocycles. The van der Waals surface area contributed by atoms with Crippen LogP contribution in [0.15, 0.2) is 24.3 Å². The molecule has 2 rings (SSSR count). The summed E-state index contributed by atoms with van der Waals surface area (Å²) in [5, 5.41) is 19.0. The Kier molecular flexibility index (Phi) is 2.73. The quantitative estimate of drug-likeness (QED) is 0.835.